The Hall–Kier alpha value is -0.640. The molecule has 2 fully saturated rings. The molecule has 16 nitrogen and oxygen atoms in total. The molecule has 0 bridgehead atoms. The number of hydrogen-bond acceptors (Lipinski definition) is 16. The van der Waals surface area contributed by atoms with Gasteiger partial charge in [-0.15, -0.1) is 0 Å². The van der Waals surface area contributed by atoms with E-state index in [9.17, 15) is 56.2 Å². The van der Waals surface area contributed by atoms with E-state index in [1.807, 2.05) is 0 Å². The van der Waals surface area contributed by atoms with Gasteiger partial charge >= 0.3 is 0 Å². The minimum Gasteiger partial charge on any atom is -0.394 e. The van der Waals surface area contributed by atoms with E-state index in [1.165, 1.54) is 0 Å². The molecule has 2 aliphatic heterocycles. The normalized spacial score (nSPS) is 42.7. The van der Waals surface area contributed by atoms with Gasteiger partial charge in [0.15, 0.2) is 12.6 Å². The molecule has 0 aromatic carbocycles. The van der Waals surface area contributed by atoms with Crippen LogP contribution in [0.25, 0.3) is 0 Å². The van der Waals surface area contributed by atoms with Crippen molar-refractivity contribution >= 4 is 0 Å². The average Bonchev–Trinajstić information content (AvgIpc) is 2.84. The predicted molar refractivity (Wildman–Crippen MR) is 103 cm³/mol. The quantitative estimate of drug-likeness (QED) is 0.124. The lowest BCUT2D eigenvalue weighted by Crippen LogP contribution is -2.65. The van der Waals surface area contributed by atoms with E-state index < -0.39 is 112 Å². The third kappa shape index (κ3) is 6.37. The van der Waals surface area contributed by atoms with Crippen LogP contribution in [0.15, 0.2) is 0 Å². The van der Waals surface area contributed by atoms with E-state index in [0.717, 1.165) is 0 Å². The molecule has 0 radical (unpaired) electrons. The molecule has 16 heteroatoms. The summed E-state index contributed by atoms with van der Waals surface area (Å²) in [4.78, 5) is 0. The van der Waals surface area contributed by atoms with Crippen LogP contribution < -0.4 is 0 Å². The summed E-state index contributed by atoms with van der Waals surface area (Å²) >= 11 is 0. The zero-order valence-corrected chi connectivity index (χ0v) is 17.9. The molecule has 2 heterocycles. The van der Waals surface area contributed by atoms with Crippen LogP contribution in [0.2, 0.25) is 0 Å². The fourth-order valence-electron chi connectivity index (χ4n) is 3.65. The molecule has 202 valence electrons. The van der Waals surface area contributed by atoms with E-state index >= 15 is 0 Å². The smallest absolute Gasteiger partial charge is 0.187 e. The lowest BCUT2D eigenvalue weighted by atomic mass is 9.96. The first-order chi connectivity index (χ1) is 16.0. The summed E-state index contributed by atoms with van der Waals surface area (Å²) in [6, 6.07) is 0. The highest BCUT2D eigenvalue weighted by Crippen LogP contribution is 2.30. The van der Waals surface area contributed by atoms with Crippen LogP contribution >= 0.6 is 0 Å². The Morgan fingerprint density at radius 2 is 1.15 bits per heavy atom. The first-order valence-corrected chi connectivity index (χ1v) is 10.5. The summed E-state index contributed by atoms with van der Waals surface area (Å²) < 4.78 is 21.1. The highest BCUT2D eigenvalue weighted by atomic mass is 16.7. The minimum absolute atomic E-state index is 0.777. The first kappa shape index (κ1) is 29.6. The molecule has 0 unspecified atom stereocenters. The summed E-state index contributed by atoms with van der Waals surface area (Å²) in [5, 5.41) is 118. The van der Waals surface area contributed by atoms with Gasteiger partial charge in [0.05, 0.1) is 26.4 Å². The summed E-state index contributed by atoms with van der Waals surface area (Å²) in [6.07, 6.45) is -24.9. The van der Waals surface area contributed by atoms with E-state index in [0.29, 0.717) is 0 Å². The Kier molecular flexibility index (Phi) is 11.4. The zero-order chi connectivity index (χ0) is 25.7. The average molecular weight is 506 g/mol. The van der Waals surface area contributed by atoms with Gasteiger partial charge in [0.25, 0.3) is 0 Å². The molecule has 0 saturated carbocycles. The van der Waals surface area contributed by atoms with Crippen LogP contribution in [0.1, 0.15) is 0 Å². The van der Waals surface area contributed by atoms with Gasteiger partial charge in [-0.05, 0) is 0 Å². The number of ether oxygens (including phenoxy) is 4. The molecule has 34 heavy (non-hydrogen) atoms. The van der Waals surface area contributed by atoms with Crippen molar-refractivity contribution in [1.29, 1.82) is 0 Å². The van der Waals surface area contributed by atoms with Gasteiger partial charge in [-0.3, -0.25) is 0 Å². The molecule has 0 aromatic rings. The van der Waals surface area contributed by atoms with Crippen LogP contribution in [0.4, 0.5) is 0 Å². The second-order valence-corrected chi connectivity index (χ2v) is 8.10. The topological polar surface area (TPSA) is 280 Å². The summed E-state index contributed by atoms with van der Waals surface area (Å²) in [5.74, 6) is 0. The molecule has 2 rings (SSSR count). The summed E-state index contributed by atoms with van der Waals surface area (Å²) in [7, 11) is 0. The van der Waals surface area contributed by atoms with Crippen molar-refractivity contribution in [3.8, 4) is 0 Å². The molecule has 0 spiro atoms. The molecule has 0 aromatic heterocycles. The molecule has 2 aliphatic rings. The molecule has 0 amide bonds. The van der Waals surface area contributed by atoms with Gasteiger partial charge in [-0.1, -0.05) is 0 Å². The van der Waals surface area contributed by atoms with Gasteiger partial charge < -0.3 is 80.2 Å². The molecular formula is C18H34O16. The zero-order valence-electron chi connectivity index (χ0n) is 17.9. The van der Waals surface area contributed by atoms with Crippen molar-refractivity contribution in [2.24, 2.45) is 0 Å². The van der Waals surface area contributed by atoms with Crippen molar-refractivity contribution < 1.29 is 80.2 Å². The molecular weight excluding hydrogens is 472 g/mol. The lowest BCUT2D eigenvalue weighted by molar-refractivity contribution is -0.369. The van der Waals surface area contributed by atoms with Crippen molar-refractivity contribution in [2.45, 2.75) is 85.8 Å². The first-order valence-electron chi connectivity index (χ1n) is 10.5. The summed E-state index contributed by atoms with van der Waals surface area (Å²) in [5.41, 5.74) is 0. The van der Waals surface area contributed by atoms with Crippen LogP contribution in [-0.4, -0.2) is 174 Å². The number of aliphatic hydroxyl groups excluding tert-OH is 12. The van der Waals surface area contributed by atoms with Crippen molar-refractivity contribution in [1.82, 2.24) is 0 Å². The second-order valence-electron chi connectivity index (χ2n) is 8.10. The number of aliphatic hydroxyl groups is 12. The van der Waals surface area contributed by atoms with Gasteiger partial charge in [-0.2, -0.15) is 0 Å². The fourth-order valence-corrected chi connectivity index (χ4v) is 3.65. The minimum atomic E-state index is -1.98. The van der Waals surface area contributed by atoms with Gasteiger partial charge in [-0.25, -0.2) is 0 Å². The third-order valence-corrected chi connectivity index (χ3v) is 5.74. The van der Waals surface area contributed by atoms with Gasteiger partial charge in [0.1, 0.15) is 73.2 Å². The Bertz CT molecular complexity index is 596. The maximum Gasteiger partial charge on any atom is 0.187 e. The van der Waals surface area contributed by atoms with Crippen LogP contribution in [0.3, 0.4) is 0 Å². The predicted octanol–water partition coefficient (Wildman–Crippen LogP) is -7.94. The van der Waals surface area contributed by atoms with E-state index in [4.69, 9.17) is 24.1 Å². The van der Waals surface area contributed by atoms with Gasteiger partial charge in [0.2, 0.25) is 0 Å². The Balaban J connectivity index is 2.24. The SMILES string of the molecule is OC[C@@H](O)[C@@H](O)[C@H](O[C@H]1O[C@H](CO)[C@@H](O)[C@H](O[C@H]2O[C@H](CO)[C@@H](O)[C@H](O)[C@H]2O)[C@H]1O)[C@@H](O)CO. The molecule has 0 aliphatic carbocycles. The van der Waals surface area contributed by atoms with E-state index in [-0.39, 0.29) is 0 Å². The molecule has 14 atom stereocenters. The van der Waals surface area contributed by atoms with Crippen molar-refractivity contribution in [3.63, 3.8) is 0 Å². The maximum absolute atomic E-state index is 10.7. The van der Waals surface area contributed by atoms with E-state index in [2.05, 4.69) is 0 Å². The monoisotopic (exact) mass is 506 g/mol. The Morgan fingerprint density at radius 3 is 1.68 bits per heavy atom. The summed E-state index contributed by atoms with van der Waals surface area (Å²) in [6.45, 7) is -3.55. The highest BCUT2D eigenvalue weighted by molar-refractivity contribution is 4.95. The lowest BCUT2D eigenvalue weighted by Gasteiger charge is -2.46. The fraction of sp³-hybridized carbons (Fsp3) is 1.00. The number of hydrogen-bond donors (Lipinski definition) is 12. The maximum atomic E-state index is 10.7. The third-order valence-electron chi connectivity index (χ3n) is 5.74. The Morgan fingerprint density at radius 1 is 0.618 bits per heavy atom. The van der Waals surface area contributed by atoms with Crippen LogP contribution in [0.5, 0.6) is 0 Å². The molecule has 2 saturated heterocycles. The highest BCUT2D eigenvalue weighted by Gasteiger charge is 2.52. The molecule has 12 N–H and O–H groups in total. The van der Waals surface area contributed by atoms with Gasteiger partial charge in [0, 0.05) is 0 Å². The number of rotatable bonds is 11. The van der Waals surface area contributed by atoms with Crippen LogP contribution in [-0.2, 0) is 18.9 Å². The largest absolute Gasteiger partial charge is 0.394 e. The van der Waals surface area contributed by atoms with E-state index in [1.54, 1.807) is 0 Å². The van der Waals surface area contributed by atoms with Crippen molar-refractivity contribution in [2.75, 3.05) is 26.4 Å². The van der Waals surface area contributed by atoms with Crippen LogP contribution in [0, 0.1) is 0 Å². The second kappa shape index (κ2) is 13.1. The Labute approximate surface area is 193 Å². The van der Waals surface area contributed by atoms with Crippen molar-refractivity contribution in [3.05, 3.63) is 0 Å². The standard InChI is InChI=1S/C18H34O16/c19-1-5(23)9(25)15(6(24)2-20)33-18-14(30)16(11(27)8(4-22)32-18)34-17-13(29)12(28)10(26)7(3-21)31-17/h5-30H,1-4H2/t5-,6+,7-,8-,9-,10-,11-,12+,13-,14-,15-,16+,17-,18-/m1/s1.